The summed E-state index contributed by atoms with van der Waals surface area (Å²) >= 11 is 0. The number of aryl methyl sites for hydroxylation is 1. The number of alkyl halides is 3. The molecule has 0 spiro atoms. The van der Waals surface area contributed by atoms with Gasteiger partial charge in [0.1, 0.15) is 11.4 Å². The lowest BCUT2D eigenvalue weighted by Gasteiger charge is -2.35. The van der Waals surface area contributed by atoms with E-state index in [4.69, 9.17) is 0 Å². The molecular weight excluding hydrogens is 531 g/mol. The second-order valence-electron chi connectivity index (χ2n) is 9.27. The largest absolute Gasteiger partial charge is 0.573 e. The van der Waals surface area contributed by atoms with E-state index in [9.17, 15) is 22.8 Å². The van der Waals surface area contributed by atoms with Crippen molar-refractivity contribution in [1.82, 2.24) is 36.4 Å². The lowest BCUT2D eigenvalue weighted by Crippen LogP contribution is -2.48. The first-order valence-electron chi connectivity index (χ1n) is 12.9. The van der Waals surface area contributed by atoms with Crippen LogP contribution in [0, 0.1) is 0 Å². The lowest BCUT2D eigenvalue weighted by molar-refractivity contribution is -0.274. The Morgan fingerprint density at radius 1 is 1.02 bits per heavy atom. The molecule has 3 heterocycles. The molecule has 1 saturated heterocycles. The number of nitrogens with zero attached hydrogens (tertiary/aromatic N) is 5. The Morgan fingerprint density at radius 2 is 1.77 bits per heavy atom. The van der Waals surface area contributed by atoms with Gasteiger partial charge >= 0.3 is 6.36 Å². The lowest BCUT2D eigenvalue weighted by atomic mass is 10.2. The van der Waals surface area contributed by atoms with Gasteiger partial charge in [0.2, 0.25) is 5.91 Å². The summed E-state index contributed by atoms with van der Waals surface area (Å²) in [5, 5.41) is 15.4. The van der Waals surface area contributed by atoms with Crippen molar-refractivity contribution in [3.63, 3.8) is 0 Å². The van der Waals surface area contributed by atoms with E-state index >= 15 is 0 Å². The summed E-state index contributed by atoms with van der Waals surface area (Å²) in [7, 11) is 1.57. The van der Waals surface area contributed by atoms with Crippen LogP contribution in [-0.2, 0) is 16.0 Å². The van der Waals surface area contributed by atoms with Gasteiger partial charge < -0.3 is 20.3 Å². The third kappa shape index (κ3) is 8.71. The molecular formula is C25H32F3N9O3. The number of halogens is 3. The minimum Gasteiger partial charge on any atom is -0.406 e. The van der Waals surface area contributed by atoms with E-state index in [1.54, 1.807) is 31.4 Å². The molecule has 15 heteroatoms. The molecule has 1 aromatic carbocycles. The molecule has 2 aliphatic rings. The normalized spacial score (nSPS) is 15.8. The maximum atomic E-state index is 12.5. The summed E-state index contributed by atoms with van der Waals surface area (Å²) < 4.78 is 40.9. The van der Waals surface area contributed by atoms with Gasteiger partial charge in [0.25, 0.3) is 5.91 Å². The second-order valence-corrected chi connectivity index (χ2v) is 9.27. The highest BCUT2D eigenvalue weighted by molar-refractivity contribution is 5.92. The number of likely N-dealkylation sites (N-methyl/N-ethyl adjacent to an activating group) is 1. The second kappa shape index (κ2) is 13.3. The molecule has 4 rings (SSSR count). The van der Waals surface area contributed by atoms with Crippen LogP contribution in [0.25, 0.3) is 0 Å². The fourth-order valence-corrected chi connectivity index (χ4v) is 4.28. The van der Waals surface area contributed by atoms with E-state index in [0.29, 0.717) is 44.2 Å². The Balaban J connectivity index is 1.12. The zero-order valence-corrected chi connectivity index (χ0v) is 22.0. The predicted molar refractivity (Wildman–Crippen MR) is 141 cm³/mol. The molecule has 216 valence electrons. The van der Waals surface area contributed by atoms with Crippen molar-refractivity contribution in [2.75, 3.05) is 56.5 Å². The zero-order chi connectivity index (χ0) is 28.5. The van der Waals surface area contributed by atoms with Crippen molar-refractivity contribution in [1.29, 1.82) is 0 Å². The van der Waals surface area contributed by atoms with Crippen molar-refractivity contribution in [2.24, 2.45) is 0 Å². The molecule has 4 N–H and O–H groups in total. The molecule has 0 radical (unpaired) electrons. The number of rotatable bonds is 11. The SMILES string of the molecule is CNC(=O)C1=CN(CCCCc2ccc(NC(=O)CN3CCN(c4ccc(OC(F)(F)F)cc4)CC3)nn2)NN1. The number of anilines is 2. The molecule has 1 aromatic heterocycles. The summed E-state index contributed by atoms with van der Waals surface area (Å²) in [4.78, 5) is 28.1. The van der Waals surface area contributed by atoms with Crippen LogP contribution in [0.15, 0.2) is 48.3 Å². The molecule has 0 bridgehead atoms. The number of piperazine rings is 1. The van der Waals surface area contributed by atoms with Crippen LogP contribution in [0.4, 0.5) is 24.7 Å². The molecule has 2 aliphatic heterocycles. The number of benzene rings is 1. The highest BCUT2D eigenvalue weighted by atomic mass is 19.4. The molecule has 0 atom stereocenters. The molecule has 0 saturated carbocycles. The van der Waals surface area contributed by atoms with Crippen LogP contribution in [0.5, 0.6) is 5.75 Å². The quantitative estimate of drug-likeness (QED) is 0.298. The Bertz CT molecular complexity index is 1170. The monoisotopic (exact) mass is 563 g/mol. The summed E-state index contributed by atoms with van der Waals surface area (Å²) in [5.41, 5.74) is 7.80. The van der Waals surface area contributed by atoms with Gasteiger partial charge in [-0.15, -0.1) is 23.8 Å². The van der Waals surface area contributed by atoms with E-state index in [1.165, 1.54) is 12.1 Å². The number of hydrazine groups is 2. The molecule has 2 aromatic rings. The fourth-order valence-electron chi connectivity index (χ4n) is 4.28. The molecule has 1 fully saturated rings. The Morgan fingerprint density at radius 3 is 2.42 bits per heavy atom. The average Bonchev–Trinajstić information content (AvgIpc) is 3.41. The number of aromatic nitrogens is 2. The summed E-state index contributed by atoms with van der Waals surface area (Å²) in [5.74, 6) is -0.259. The van der Waals surface area contributed by atoms with Gasteiger partial charge in [-0.1, -0.05) is 0 Å². The van der Waals surface area contributed by atoms with Crippen LogP contribution < -0.4 is 31.2 Å². The standard InChI is InChI=1S/C25H32F3N9O3/c1-29-24(39)21-16-37(34-32-21)11-3-2-4-18-5-10-22(33-31-18)30-23(38)17-35-12-14-36(15-13-35)19-6-8-20(9-7-19)40-25(26,27)28/h5-10,16,32,34H,2-4,11-15,17H2,1H3,(H,29,39)(H,30,33,38). The number of hydrogen-bond acceptors (Lipinski definition) is 10. The van der Waals surface area contributed by atoms with E-state index in [-0.39, 0.29) is 24.1 Å². The third-order valence-electron chi connectivity index (χ3n) is 6.33. The molecule has 0 unspecified atom stereocenters. The van der Waals surface area contributed by atoms with E-state index in [0.717, 1.165) is 30.6 Å². The number of nitrogens with one attached hydrogen (secondary N) is 4. The highest BCUT2D eigenvalue weighted by Crippen LogP contribution is 2.26. The number of carbonyl (C=O) groups excluding carboxylic acids is 2. The average molecular weight is 564 g/mol. The minimum absolute atomic E-state index is 0.189. The maximum Gasteiger partial charge on any atom is 0.573 e. The van der Waals surface area contributed by atoms with E-state index in [2.05, 4.69) is 36.5 Å². The summed E-state index contributed by atoms with van der Waals surface area (Å²) in [6, 6.07) is 9.34. The van der Waals surface area contributed by atoms with Gasteiger partial charge in [-0.2, -0.15) is 5.10 Å². The first-order chi connectivity index (χ1) is 19.2. The summed E-state index contributed by atoms with van der Waals surface area (Å²) in [6.45, 7) is 3.45. The number of ether oxygens (including phenoxy) is 1. The van der Waals surface area contributed by atoms with Gasteiger partial charge in [-0.3, -0.25) is 24.9 Å². The number of unbranched alkanes of at least 4 members (excludes halogenated alkanes) is 1. The van der Waals surface area contributed by atoms with E-state index in [1.807, 2.05) is 20.9 Å². The first kappa shape index (κ1) is 28.9. The van der Waals surface area contributed by atoms with Gasteiger partial charge in [0.05, 0.1) is 12.2 Å². The molecule has 12 nitrogen and oxygen atoms in total. The highest BCUT2D eigenvalue weighted by Gasteiger charge is 2.31. The van der Waals surface area contributed by atoms with Crippen molar-refractivity contribution < 1.29 is 27.5 Å². The Labute approximate surface area is 229 Å². The summed E-state index contributed by atoms with van der Waals surface area (Å²) in [6.07, 6.45) is -0.520. The Hall–Kier alpha value is -4.11. The molecule has 40 heavy (non-hydrogen) atoms. The van der Waals surface area contributed by atoms with Crippen molar-refractivity contribution >= 4 is 23.3 Å². The zero-order valence-electron chi connectivity index (χ0n) is 22.0. The topological polar surface area (TPSA) is 127 Å². The minimum atomic E-state index is -4.72. The molecule has 2 amide bonds. The maximum absolute atomic E-state index is 12.5. The number of amides is 2. The predicted octanol–water partition coefficient (Wildman–Crippen LogP) is 1.37. The van der Waals surface area contributed by atoms with Gasteiger partial charge in [-0.05, 0) is 55.7 Å². The van der Waals surface area contributed by atoms with Crippen molar-refractivity contribution in [3.05, 3.63) is 54.0 Å². The van der Waals surface area contributed by atoms with Gasteiger partial charge in [-0.25, -0.2) is 0 Å². The van der Waals surface area contributed by atoms with Crippen LogP contribution in [0.3, 0.4) is 0 Å². The van der Waals surface area contributed by atoms with Crippen LogP contribution in [0.2, 0.25) is 0 Å². The number of carbonyl (C=O) groups is 2. The van der Waals surface area contributed by atoms with E-state index < -0.39 is 6.36 Å². The van der Waals surface area contributed by atoms with Crippen LogP contribution in [0.1, 0.15) is 18.5 Å². The van der Waals surface area contributed by atoms with Crippen LogP contribution in [-0.4, -0.2) is 84.6 Å². The first-order valence-corrected chi connectivity index (χ1v) is 12.9. The molecule has 0 aliphatic carbocycles. The number of hydrogen-bond donors (Lipinski definition) is 4. The van der Waals surface area contributed by atoms with Crippen molar-refractivity contribution in [2.45, 2.75) is 25.6 Å². The van der Waals surface area contributed by atoms with Crippen molar-refractivity contribution in [3.8, 4) is 5.75 Å². The van der Waals surface area contributed by atoms with Gasteiger partial charge in [0, 0.05) is 51.7 Å². The van der Waals surface area contributed by atoms with Gasteiger partial charge in [0.15, 0.2) is 5.82 Å². The third-order valence-corrected chi connectivity index (χ3v) is 6.33. The van der Waals surface area contributed by atoms with Crippen LogP contribution >= 0.6 is 0 Å². The fraction of sp³-hybridized carbons (Fsp3) is 0.440. The smallest absolute Gasteiger partial charge is 0.406 e. The Kier molecular flexibility index (Phi) is 9.60.